The molecule has 0 aromatic carbocycles. The number of amides is 1. The Morgan fingerprint density at radius 2 is 2.11 bits per heavy atom. The molecule has 2 aliphatic carbocycles. The van der Waals surface area contributed by atoms with Crippen LogP contribution in [0.15, 0.2) is 0 Å². The Morgan fingerprint density at radius 3 is 2.74 bits per heavy atom. The largest absolute Gasteiger partial charge is 0.370 e. The second kappa shape index (κ2) is 5.80. The molecule has 1 heterocycles. The monoisotopic (exact) mass is 267 g/mol. The van der Waals surface area contributed by atoms with Crippen LogP contribution in [0, 0.1) is 17.8 Å². The van der Waals surface area contributed by atoms with Crippen molar-refractivity contribution >= 4 is 5.91 Å². The van der Waals surface area contributed by atoms with Crippen LogP contribution in [0.2, 0.25) is 0 Å². The molecule has 0 radical (unpaired) electrons. The summed E-state index contributed by atoms with van der Waals surface area (Å²) >= 11 is 0. The van der Waals surface area contributed by atoms with Crippen molar-refractivity contribution in [3.05, 3.63) is 0 Å². The molecule has 19 heavy (non-hydrogen) atoms. The fourth-order valence-electron chi connectivity index (χ4n) is 4.38. The molecule has 0 unspecified atom stereocenters. The zero-order valence-corrected chi connectivity index (χ0v) is 12.0. The Morgan fingerprint density at radius 1 is 1.32 bits per heavy atom. The molecular weight excluding hydrogens is 240 g/mol. The number of nitrogens with one attached hydrogen (secondary N) is 2. The van der Waals surface area contributed by atoms with Crippen molar-refractivity contribution in [1.29, 1.82) is 0 Å². The van der Waals surface area contributed by atoms with Gasteiger partial charge < -0.3 is 15.0 Å². The van der Waals surface area contributed by atoms with Crippen LogP contribution in [0.1, 0.15) is 32.6 Å². The molecule has 3 aliphatic rings. The van der Waals surface area contributed by atoms with Gasteiger partial charge in [0.1, 0.15) is 13.1 Å². The van der Waals surface area contributed by atoms with Crippen LogP contribution in [0.4, 0.5) is 0 Å². The fourth-order valence-corrected chi connectivity index (χ4v) is 4.38. The van der Waals surface area contributed by atoms with Gasteiger partial charge in [-0.05, 0) is 43.9 Å². The highest BCUT2D eigenvalue weighted by Gasteiger charge is 2.42. The van der Waals surface area contributed by atoms with Crippen molar-refractivity contribution in [3.63, 3.8) is 0 Å². The average molecular weight is 267 g/mol. The van der Waals surface area contributed by atoms with Gasteiger partial charge in [0.05, 0.1) is 13.2 Å². The van der Waals surface area contributed by atoms with Crippen LogP contribution in [0.25, 0.3) is 0 Å². The van der Waals surface area contributed by atoms with Crippen molar-refractivity contribution in [3.8, 4) is 0 Å². The predicted molar refractivity (Wildman–Crippen MR) is 72.9 cm³/mol. The SMILES string of the molecule is C[C@@H](NC(=O)C[NH+]1CCOCC1)[C@@H]1C[C@@H]2CC[C@H]1C2. The summed E-state index contributed by atoms with van der Waals surface area (Å²) in [6, 6.07) is 0.364. The third kappa shape index (κ3) is 3.11. The number of ether oxygens (including phenoxy) is 1. The summed E-state index contributed by atoms with van der Waals surface area (Å²) < 4.78 is 5.32. The van der Waals surface area contributed by atoms with E-state index in [1.54, 1.807) is 0 Å². The van der Waals surface area contributed by atoms with E-state index in [0.29, 0.717) is 12.6 Å². The molecular formula is C15H27N2O2+. The van der Waals surface area contributed by atoms with E-state index >= 15 is 0 Å². The zero-order valence-electron chi connectivity index (χ0n) is 12.0. The summed E-state index contributed by atoms with van der Waals surface area (Å²) in [6.07, 6.45) is 5.58. The van der Waals surface area contributed by atoms with Gasteiger partial charge in [-0.3, -0.25) is 4.79 Å². The molecule has 0 spiro atoms. The van der Waals surface area contributed by atoms with Gasteiger partial charge in [0.15, 0.2) is 6.54 Å². The molecule has 108 valence electrons. The topological polar surface area (TPSA) is 42.8 Å². The number of quaternary nitrogens is 1. The average Bonchev–Trinajstić information content (AvgIpc) is 3.02. The molecule has 2 bridgehead atoms. The molecule has 2 N–H and O–H groups in total. The molecule has 3 fully saturated rings. The minimum atomic E-state index is 0.229. The molecule has 4 nitrogen and oxygen atoms in total. The normalized spacial score (nSPS) is 36.4. The third-order valence-electron chi connectivity index (χ3n) is 5.43. The van der Waals surface area contributed by atoms with Gasteiger partial charge in [-0.1, -0.05) is 6.42 Å². The van der Waals surface area contributed by atoms with Crippen molar-refractivity contribution in [2.45, 2.75) is 38.6 Å². The Kier molecular flexibility index (Phi) is 4.08. The van der Waals surface area contributed by atoms with Gasteiger partial charge in [0.25, 0.3) is 5.91 Å². The highest BCUT2D eigenvalue weighted by atomic mass is 16.5. The van der Waals surface area contributed by atoms with Gasteiger partial charge in [0, 0.05) is 6.04 Å². The quantitative estimate of drug-likeness (QED) is 0.743. The Hall–Kier alpha value is -0.610. The predicted octanol–water partition coefficient (Wildman–Crippen LogP) is -0.158. The first kappa shape index (κ1) is 13.4. The van der Waals surface area contributed by atoms with Crippen LogP contribution in [-0.4, -0.2) is 44.8 Å². The highest BCUT2D eigenvalue weighted by molar-refractivity contribution is 5.77. The summed E-state index contributed by atoms with van der Waals surface area (Å²) in [4.78, 5) is 13.5. The van der Waals surface area contributed by atoms with Gasteiger partial charge >= 0.3 is 0 Å². The summed E-state index contributed by atoms with van der Waals surface area (Å²) in [5, 5.41) is 3.25. The lowest BCUT2D eigenvalue weighted by atomic mass is 9.84. The van der Waals surface area contributed by atoms with Gasteiger partial charge in [-0.2, -0.15) is 0 Å². The Balaban J connectivity index is 1.43. The Labute approximate surface area is 115 Å². The number of morpholine rings is 1. The number of hydrogen-bond acceptors (Lipinski definition) is 2. The highest BCUT2D eigenvalue weighted by Crippen LogP contribution is 2.49. The first-order valence-electron chi connectivity index (χ1n) is 7.93. The van der Waals surface area contributed by atoms with Crippen molar-refractivity contribution in [2.24, 2.45) is 17.8 Å². The maximum absolute atomic E-state index is 12.1. The number of fused-ring (bicyclic) bond motifs is 2. The molecule has 1 amide bonds. The third-order valence-corrected chi connectivity index (χ3v) is 5.43. The van der Waals surface area contributed by atoms with Crippen LogP contribution >= 0.6 is 0 Å². The van der Waals surface area contributed by atoms with E-state index in [1.807, 2.05) is 0 Å². The van der Waals surface area contributed by atoms with Gasteiger partial charge in [-0.15, -0.1) is 0 Å². The smallest absolute Gasteiger partial charge is 0.275 e. The zero-order chi connectivity index (χ0) is 13.2. The minimum absolute atomic E-state index is 0.229. The second-order valence-corrected chi connectivity index (χ2v) is 6.73. The number of hydrogen-bond donors (Lipinski definition) is 2. The van der Waals surface area contributed by atoms with Crippen LogP contribution in [0.5, 0.6) is 0 Å². The summed E-state index contributed by atoms with van der Waals surface area (Å²) in [5.41, 5.74) is 0. The molecule has 2 saturated carbocycles. The molecule has 0 aromatic rings. The standard InChI is InChI=1S/C15H26N2O2/c1-11(14-9-12-2-3-13(14)8-12)16-15(18)10-17-4-6-19-7-5-17/h11-14H,2-10H2,1H3,(H,16,18)/p+1/t11-,12-,13+,14+/m1/s1. The number of carbonyl (C=O) groups excluding carboxylic acids is 1. The first-order chi connectivity index (χ1) is 9.22. The summed E-state index contributed by atoms with van der Waals surface area (Å²) in [5.74, 6) is 2.81. The minimum Gasteiger partial charge on any atom is -0.370 e. The number of rotatable bonds is 4. The summed E-state index contributed by atoms with van der Waals surface area (Å²) in [7, 11) is 0. The lowest BCUT2D eigenvalue weighted by Gasteiger charge is -2.29. The van der Waals surface area contributed by atoms with E-state index in [4.69, 9.17) is 4.74 Å². The number of carbonyl (C=O) groups is 1. The fraction of sp³-hybridized carbons (Fsp3) is 0.933. The van der Waals surface area contributed by atoms with E-state index < -0.39 is 0 Å². The maximum Gasteiger partial charge on any atom is 0.275 e. The first-order valence-corrected chi connectivity index (χ1v) is 7.93. The summed E-state index contributed by atoms with van der Waals surface area (Å²) in [6.45, 7) is 6.35. The van der Waals surface area contributed by atoms with Gasteiger partial charge in [0.2, 0.25) is 0 Å². The molecule has 0 aromatic heterocycles. The van der Waals surface area contributed by atoms with E-state index in [9.17, 15) is 4.79 Å². The van der Waals surface area contributed by atoms with E-state index in [1.165, 1.54) is 30.6 Å². The molecule has 4 atom stereocenters. The van der Waals surface area contributed by atoms with E-state index in [-0.39, 0.29) is 5.91 Å². The van der Waals surface area contributed by atoms with Gasteiger partial charge in [-0.25, -0.2) is 0 Å². The second-order valence-electron chi connectivity index (χ2n) is 6.73. The maximum atomic E-state index is 12.1. The molecule has 1 aliphatic heterocycles. The van der Waals surface area contributed by atoms with Crippen molar-refractivity contribution in [1.82, 2.24) is 5.32 Å². The molecule has 4 heteroatoms. The van der Waals surface area contributed by atoms with Crippen LogP contribution in [0.3, 0.4) is 0 Å². The van der Waals surface area contributed by atoms with Crippen molar-refractivity contribution < 1.29 is 14.4 Å². The Bertz CT molecular complexity index is 328. The lowest BCUT2D eigenvalue weighted by Crippen LogP contribution is -3.15. The van der Waals surface area contributed by atoms with Crippen molar-refractivity contribution in [2.75, 3.05) is 32.8 Å². The van der Waals surface area contributed by atoms with E-state index in [2.05, 4.69) is 12.2 Å². The molecule has 3 rings (SSSR count). The van der Waals surface area contributed by atoms with E-state index in [0.717, 1.165) is 44.1 Å². The molecule has 1 saturated heterocycles. The van der Waals surface area contributed by atoms with Crippen LogP contribution in [-0.2, 0) is 9.53 Å². The lowest BCUT2D eigenvalue weighted by molar-refractivity contribution is -0.900. The van der Waals surface area contributed by atoms with Crippen LogP contribution < -0.4 is 10.2 Å².